The van der Waals surface area contributed by atoms with Crippen molar-refractivity contribution in [1.29, 1.82) is 0 Å². The molecule has 0 unspecified atom stereocenters. The van der Waals surface area contributed by atoms with Crippen molar-refractivity contribution in [3.63, 3.8) is 0 Å². The van der Waals surface area contributed by atoms with Crippen molar-refractivity contribution >= 4 is 5.82 Å². The van der Waals surface area contributed by atoms with Gasteiger partial charge in [0, 0.05) is 31.8 Å². The quantitative estimate of drug-likeness (QED) is 0.890. The SMILES string of the molecule is CN(Cc1ccccc1F)c1ccnc(CCN)n1. The highest BCUT2D eigenvalue weighted by molar-refractivity contribution is 5.38. The van der Waals surface area contributed by atoms with Crippen molar-refractivity contribution in [3.8, 4) is 0 Å². The van der Waals surface area contributed by atoms with Gasteiger partial charge in [-0.1, -0.05) is 18.2 Å². The van der Waals surface area contributed by atoms with Gasteiger partial charge in [-0.2, -0.15) is 0 Å². The Morgan fingerprint density at radius 1 is 1.26 bits per heavy atom. The molecule has 0 radical (unpaired) electrons. The first-order valence-corrected chi connectivity index (χ1v) is 6.17. The van der Waals surface area contributed by atoms with Gasteiger partial charge in [0.25, 0.3) is 0 Å². The fraction of sp³-hybridized carbons (Fsp3) is 0.286. The number of nitrogens with zero attached hydrogens (tertiary/aromatic N) is 3. The Labute approximate surface area is 112 Å². The predicted octanol–water partition coefficient (Wildman–Crippen LogP) is 1.75. The van der Waals surface area contributed by atoms with Gasteiger partial charge in [-0.3, -0.25) is 0 Å². The maximum absolute atomic E-state index is 13.6. The van der Waals surface area contributed by atoms with Crippen molar-refractivity contribution in [2.75, 3.05) is 18.5 Å². The molecule has 0 aliphatic heterocycles. The van der Waals surface area contributed by atoms with Gasteiger partial charge in [0.2, 0.25) is 0 Å². The van der Waals surface area contributed by atoms with Crippen LogP contribution in [-0.2, 0) is 13.0 Å². The summed E-state index contributed by atoms with van der Waals surface area (Å²) < 4.78 is 13.6. The molecule has 0 saturated carbocycles. The number of nitrogens with two attached hydrogens (primary N) is 1. The Bertz CT molecular complexity index is 544. The van der Waals surface area contributed by atoms with Crippen LogP contribution in [0.5, 0.6) is 0 Å². The smallest absolute Gasteiger partial charge is 0.132 e. The second-order valence-corrected chi connectivity index (χ2v) is 4.32. The Balaban J connectivity index is 2.13. The lowest BCUT2D eigenvalue weighted by Gasteiger charge is -2.18. The van der Waals surface area contributed by atoms with Crippen molar-refractivity contribution in [2.45, 2.75) is 13.0 Å². The highest BCUT2D eigenvalue weighted by atomic mass is 19.1. The molecule has 1 heterocycles. The van der Waals surface area contributed by atoms with E-state index >= 15 is 0 Å². The fourth-order valence-corrected chi connectivity index (χ4v) is 1.81. The molecule has 4 nitrogen and oxygen atoms in total. The van der Waals surface area contributed by atoms with Crippen LogP contribution in [0.15, 0.2) is 36.5 Å². The first-order valence-electron chi connectivity index (χ1n) is 6.17. The number of hydrogen-bond acceptors (Lipinski definition) is 4. The van der Waals surface area contributed by atoms with Crippen LogP contribution in [-0.4, -0.2) is 23.6 Å². The molecule has 0 atom stereocenters. The van der Waals surface area contributed by atoms with Crippen LogP contribution < -0.4 is 10.6 Å². The molecule has 0 saturated heterocycles. The fourth-order valence-electron chi connectivity index (χ4n) is 1.81. The van der Waals surface area contributed by atoms with E-state index in [1.54, 1.807) is 24.4 Å². The van der Waals surface area contributed by atoms with Crippen LogP contribution in [0.25, 0.3) is 0 Å². The third-order valence-electron chi connectivity index (χ3n) is 2.82. The van der Waals surface area contributed by atoms with Gasteiger partial charge in [-0.15, -0.1) is 0 Å². The molecule has 0 spiro atoms. The molecule has 0 amide bonds. The number of benzene rings is 1. The zero-order valence-corrected chi connectivity index (χ0v) is 10.9. The molecule has 1 aromatic carbocycles. The molecule has 19 heavy (non-hydrogen) atoms. The van der Waals surface area contributed by atoms with Crippen LogP contribution in [0.4, 0.5) is 10.2 Å². The lowest BCUT2D eigenvalue weighted by molar-refractivity contribution is 0.607. The Kier molecular flexibility index (Phi) is 4.41. The number of rotatable bonds is 5. The lowest BCUT2D eigenvalue weighted by Crippen LogP contribution is -2.19. The molecule has 5 heteroatoms. The number of anilines is 1. The van der Waals surface area contributed by atoms with E-state index in [1.807, 2.05) is 18.0 Å². The van der Waals surface area contributed by atoms with Gasteiger partial charge < -0.3 is 10.6 Å². The van der Waals surface area contributed by atoms with E-state index in [0.29, 0.717) is 30.9 Å². The van der Waals surface area contributed by atoms with Gasteiger partial charge in [0.1, 0.15) is 17.5 Å². The second-order valence-electron chi connectivity index (χ2n) is 4.32. The van der Waals surface area contributed by atoms with E-state index in [-0.39, 0.29) is 5.82 Å². The zero-order valence-electron chi connectivity index (χ0n) is 10.9. The van der Waals surface area contributed by atoms with E-state index in [2.05, 4.69) is 9.97 Å². The number of aromatic nitrogens is 2. The third-order valence-corrected chi connectivity index (χ3v) is 2.82. The van der Waals surface area contributed by atoms with E-state index in [4.69, 9.17) is 5.73 Å². The molecule has 2 N–H and O–H groups in total. The van der Waals surface area contributed by atoms with Gasteiger partial charge in [-0.05, 0) is 18.7 Å². The first kappa shape index (κ1) is 13.4. The third kappa shape index (κ3) is 3.48. The van der Waals surface area contributed by atoms with Crippen LogP contribution in [0, 0.1) is 5.82 Å². The van der Waals surface area contributed by atoms with Crippen LogP contribution >= 0.6 is 0 Å². The molecule has 0 aliphatic rings. The molecular formula is C14H17FN4. The summed E-state index contributed by atoms with van der Waals surface area (Å²) in [5.41, 5.74) is 6.13. The average Bonchev–Trinajstić information content (AvgIpc) is 2.42. The standard InChI is InChI=1S/C14H17FN4/c1-19(10-11-4-2-3-5-12(11)15)14-7-9-17-13(18-14)6-8-16/h2-5,7,9H,6,8,10,16H2,1H3. The summed E-state index contributed by atoms with van der Waals surface area (Å²) in [5.74, 6) is 1.27. The lowest BCUT2D eigenvalue weighted by atomic mass is 10.2. The molecule has 2 rings (SSSR count). The average molecular weight is 260 g/mol. The van der Waals surface area contributed by atoms with Gasteiger partial charge in [-0.25, -0.2) is 14.4 Å². The maximum atomic E-state index is 13.6. The molecule has 0 bridgehead atoms. The zero-order chi connectivity index (χ0) is 13.7. The normalized spacial score (nSPS) is 10.5. The summed E-state index contributed by atoms with van der Waals surface area (Å²) in [5, 5.41) is 0. The Morgan fingerprint density at radius 3 is 2.79 bits per heavy atom. The van der Waals surface area contributed by atoms with Gasteiger partial charge in [0.15, 0.2) is 0 Å². The minimum absolute atomic E-state index is 0.203. The van der Waals surface area contributed by atoms with Crippen LogP contribution in [0.2, 0.25) is 0 Å². The van der Waals surface area contributed by atoms with E-state index < -0.39 is 0 Å². The van der Waals surface area contributed by atoms with Crippen LogP contribution in [0.3, 0.4) is 0 Å². The monoisotopic (exact) mass is 260 g/mol. The van der Waals surface area contributed by atoms with Gasteiger partial charge >= 0.3 is 0 Å². The highest BCUT2D eigenvalue weighted by Gasteiger charge is 2.08. The first-order chi connectivity index (χ1) is 9.20. The molecule has 2 aromatic rings. The maximum Gasteiger partial charge on any atom is 0.132 e. The summed E-state index contributed by atoms with van der Waals surface area (Å²) in [6, 6.07) is 8.55. The number of hydrogen-bond donors (Lipinski definition) is 1. The Hall–Kier alpha value is -2.01. The van der Waals surface area contributed by atoms with Crippen LogP contribution in [0.1, 0.15) is 11.4 Å². The predicted molar refractivity (Wildman–Crippen MR) is 73.3 cm³/mol. The minimum atomic E-state index is -0.203. The molecule has 0 aliphatic carbocycles. The molecular weight excluding hydrogens is 243 g/mol. The molecule has 0 fully saturated rings. The summed E-state index contributed by atoms with van der Waals surface area (Å²) in [7, 11) is 1.88. The summed E-state index contributed by atoms with van der Waals surface area (Å²) in [6.45, 7) is 0.978. The second kappa shape index (κ2) is 6.24. The molecule has 100 valence electrons. The summed E-state index contributed by atoms with van der Waals surface area (Å²) in [6.07, 6.45) is 2.34. The van der Waals surface area contributed by atoms with E-state index in [1.165, 1.54) is 6.07 Å². The van der Waals surface area contributed by atoms with Crippen molar-refractivity contribution in [3.05, 3.63) is 53.7 Å². The topological polar surface area (TPSA) is 55.0 Å². The molecule has 1 aromatic heterocycles. The van der Waals surface area contributed by atoms with E-state index in [0.717, 1.165) is 5.82 Å². The van der Waals surface area contributed by atoms with Gasteiger partial charge in [0.05, 0.1) is 0 Å². The van der Waals surface area contributed by atoms with E-state index in [9.17, 15) is 4.39 Å². The van der Waals surface area contributed by atoms with Crippen molar-refractivity contribution in [1.82, 2.24) is 9.97 Å². The van der Waals surface area contributed by atoms with Crippen molar-refractivity contribution in [2.24, 2.45) is 5.73 Å². The minimum Gasteiger partial charge on any atom is -0.355 e. The largest absolute Gasteiger partial charge is 0.355 e. The number of halogens is 1. The van der Waals surface area contributed by atoms with Crippen molar-refractivity contribution < 1.29 is 4.39 Å². The highest BCUT2D eigenvalue weighted by Crippen LogP contribution is 2.14. The summed E-state index contributed by atoms with van der Waals surface area (Å²) >= 11 is 0. The Morgan fingerprint density at radius 2 is 2.05 bits per heavy atom. The summed E-state index contributed by atoms with van der Waals surface area (Å²) in [4.78, 5) is 10.4.